The number of hydrogen-bond acceptors (Lipinski definition) is 4. The smallest absolute Gasteiger partial charge is 0.271 e. The van der Waals surface area contributed by atoms with Gasteiger partial charge in [0.1, 0.15) is 6.54 Å². The highest BCUT2D eigenvalue weighted by molar-refractivity contribution is 6.07. The highest BCUT2D eigenvalue weighted by atomic mass is 16.2. The summed E-state index contributed by atoms with van der Waals surface area (Å²) in [5.74, 6) is -2.57. The molecule has 1 fully saturated rings. The van der Waals surface area contributed by atoms with Gasteiger partial charge in [-0.3, -0.25) is 34.9 Å². The van der Waals surface area contributed by atoms with E-state index in [0.29, 0.717) is 24.1 Å². The van der Waals surface area contributed by atoms with Crippen molar-refractivity contribution in [1.82, 2.24) is 20.3 Å². The van der Waals surface area contributed by atoms with Crippen molar-refractivity contribution in [1.29, 1.82) is 0 Å². The SMILES string of the molecule is O=C(CN1C(=O)C2CC=CCC2C1=O)NNC(=O)c1ccccc1-n1cccc1. The first-order chi connectivity index (χ1) is 14.1. The summed E-state index contributed by atoms with van der Waals surface area (Å²) < 4.78 is 1.79. The van der Waals surface area contributed by atoms with Crippen LogP contribution in [0.1, 0.15) is 23.2 Å². The number of para-hydroxylation sites is 1. The number of amides is 4. The van der Waals surface area contributed by atoms with Crippen LogP contribution in [-0.2, 0) is 14.4 Å². The number of imide groups is 1. The van der Waals surface area contributed by atoms with E-state index in [-0.39, 0.29) is 23.7 Å². The van der Waals surface area contributed by atoms with Crippen LogP contribution < -0.4 is 10.9 Å². The van der Waals surface area contributed by atoms with E-state index >= 15 is 0 Å². The first kappa shape index (κ1) is 18.7. The molecule has 2 aromatic rings. The van der Waals surface area contributed by atoms with E-state index in [1.165, 1.54) is 0 Å². The molecule has 4 rings (SSSR count). The molecule has 2 heterocycles. The topological polar surface area (TPSA) is 101 Å². The zero-order valence-electron chi connectivity index (χ0n) is 15.6. The van der Waals surface area contributed by atoms with Crippen LogP contribution in [0.2, 0.25) is 0 Å². The fourth-order valence-corrected chi connectivity index (χ4v) is 3.79. The average Bonchev–Trinajstić information content (AvgIpc) is 3.36. The number of allylic oxidation sites excluding steroid dienone is 2. The van der Waals surface area contributed by atoms with Gasteiger partial charge < -0.3 is 4.57 Å². The van der Waals surface area contributed by atoms with Crippen LogP contribution in [0.15, 0.2) is 60.9 Å². The van der Waals surface area contributed by atoms with Crippen molar-refractivity contribution in [3.63, 3.8) is 0 Å². The Kier molecular flexibility index (Phi) is 4.99. The average molecular weight is 392 g/mol. The maximum Gasteiger partial charge on any atom is 0.271 e. The van der Waals surface area contributed by atoms with Crippen molar-refractivity contribution >= 4 is 23.6 Å². The van der Waals surface area contributed by atoms with Crippen molar-refractivity contribution in [3.8, 4) is 5.69 Å². The Labute approximate surface area is 167 Å². The molecule has 1 aliphatic heterocycles. The minimum atomic E-state index is -0.634. The Hall–Kier alpha value is -3.68. The first-order valence-corrected chi connectivity index (χ1v) is 9.38. The van der Waals surface area contributed by atoms with Crippen LogP contribution in [-0.4, -0.2) is 39.6 Å². The van der Waals surface area contributed by atoms with Crippen LogP contribution in [0.25, 0.3) is 5.69 Å². The van der Waals surface area contributed by atoms with E-state index in [4.69, 9.17) is 0 Å². The van der Waals surface area contributed by atoms with Crippen LogP contribution in [0.5, 0.6) is 0 Å². The van der Waals surface area contributed by atoms with E-state index in [0.717, 1.165) is 4.90 Å². The lowest BCUT2D eigenvalue weighted by molar-refractivity contribution is -0.143. The molecule has 2 aliphatic rings. The molecule has 0 bridgehead atoms. The van der Waals surface area contributed by atoms with Crippen molar-refractivity contribution < 1.29 is 19.2 Å². The minimum absolute atomic E-state index is 0.330. The quantitative estimate of drug-likeness (QED) is 0.464. The molecule has 8 heteroatoms. The van der Waals surface area contributed by atoms with Crippen LogP contribution in [0.3, 0.4) is 0 Å². The fourth-order valence-electron chi connectivity index (χ4n) is 3.79. The second kappa shape index (κ2) is 7.75. The molecule has 2 atom stereocenters. The van der Waals surface area contributed by atoms with Gasteiger partial charge in [0.05, 0.1) is 23.1 Å². The third kappa shape index (κ3) is 3.56. The van der Waals surface area contributed by atoms with Crippen molar-refractivity contribution in [2.24, 2.45) is 11.8 Å². The zero-order valence-corrected chi connectivity index (χ0v) is 15.6. The molecule has 8 nitrogen and oxygen atoms in total. The molecule has 0 saturated carbocycles. The Morgan fingerprint density at radius 1 is 0.897 bits per heavy atom. The number of aromatic nitrogens is 1. The second-order valence-electron chi connectivity index (χ2n) is 7.03. The maximum absolute atomic E-state index is 12.5. The number of carbonyl (C=O) groups excluding carboxylic acids is 4. The lowest BCUT2D eigenvalue weighted by Crippen LogP contribution is -2.48. The monoisotopic (exact) mass is 392 g/mol. The molecule has 4 amide bonds. The van der Waals surface area contributed by atoms with Gasteiger partial charge in [-0.25, -0.2) is 0 Å². The van der Waals surface area contributed by atoms with E-state index in [2.05, 4.69) is 10.9 Å². The molecule has 29 heavy (non-hydrogen) atoms. The van der Waals surface area contributed by atoms with Crippen molar-refractivity contribution in [2.45, 2.75) is 12.8 Å². The lowest BCUT2D eigenvalue weighted by atomic mass is 9.85. The number of nitrogens with one attached hydrogen (secondary N) is 2. The predicted molar refractivity (Wildman–Crippen MR) is 103 cm³/mol. The number of hydrogen-bond donors (Lipinski definition) is 2. The van der Waals surface area contributed by atoms with Crippen molar-refractivity contribution in [3.05, 3.63) is 66.5 Å². The molecule has 2 N–H and O–H groups in total. The zero-order chi connectivity index (χ0) is 20.4. The van der Waals surface area contributed by atoms with E-state index < -0.39 is 18.4 Å². The highest BCUT2D eigenvalue weighted by Gasteiger charge is 2.47. The Morgan fingerprint density at radius 3 is 2.17 bits per heavy atom. The van der Waals surface area contributed by atoms with Crippen LogP contribution in [0, 0.1) is 11.8 Å². The molecular weight excluding hydrogens is 372 g/mol. The third-order valence-electron chi connectivity index (χ3n) is 5.25. The summed E-state index contributed by atoms with van der Waals surface area (Å²) >= 11 is 0. The molecule has 1 aromatic heterocycles. The molecule has 2 unspecified atom stereocenters. The van der Waals surface area contributed by atoms with Gasteiger partial charge in [-0.1, -0.05) is 24.3 Å². The van der Waals surface area contributed by atoms with E-state index in [1.807, 2.05) is 42.7 Å². The summed E-state index contributed by atoms with van der Waals surface area (Å²) in [6.07, 6.45) is 8.42. The number of benzene rings is 1. The van der Waals surface area contributed by atoms with Crippen LogP contribution >= 0.6 is 0 Å². The van der Waals surface area contributed by atoms with E-state index in [9.17, 15) is 19.2 Å². The summed E-state index contributed by atoms with van der Waals surface area (Å²) in [6, 6.07) is 10.6. The maximum atomic E-state index is 12.5. The molecule has 0 spiro atoms. The van der Waals surface area contributed by atoms with Gasteiger partial charge in [-0.2, -0.15) is 0 Å². The second-order valence-corrected chi connectivity index (χ2v) is 7.03. The Bertz CT molecular complexity index is 970. The molecule has 1 saturated heterocycles. The lowest BCUT2D eigenvalue weighted by Gasteiger charge is -2.15. The number of rotatable bonds is 4. The van der Waals surface area contributed by atoms with E-state index in [1.54, 1.807) is 22.8 Å². The number of hydrazine groups is 1. The van der Waals surface area contributed by atoms with Gasteiger partial charge in [-0.05, 0) is 37.1 Å². The molecule has 0 radical (unpaired) electrons. The van der Waals surface area contributed by atoms with Gasteiger partial charge >= 0.3 is 0 Å². The standard InChI is InChI=1S/C21H20N4O4/c26-18(13-25-20(28)14-7-1-2-8-15(14)21(25)29)22-23-19(27)16-9-3-4-10-17(16)24-11-5-6-12-24/h1-6,9-12,14-15H,7-8,13H2,(H,22,26)(H,23,27). The van der Waals surface area contributed by atoms with Crippen LogP contribution in [0.4, 0.5) is 0 Å². The normalized spacial score (nSPS) is 20.5. The third-order valence-corrected chi connectivity index (χ3v) is 5.25. The number of nitrogens with zero attached hydrogens (tertiary/aromatic N) is 2. The fraction of sp³-hybridized carbons (Fsp3) is 0.238. The largest absolute Gasteiger partial charge is 0.323 e. The molecule has 1 aromatic carbocycles. The van der Waals surface area contributed by atoms with Gasteiger partial charge in [0, 0.05) is 12.4 Å². The summed E-state index contributed by atoms with van der Waals surface area (Å²) in [5, 5.41) is 0. The number of carbonyl (C=O) groups is 4. The van der Waals surface area contributed by atoms with Crippen molar-refractivity contribution in [2.75, 3.05) is 6.54 Å². The summed E-state index contributed by atoms with van der Waals surface area (Å²) in [6.45, 7) is -0.413. The van der Waals surface area contributed by atoms with Gasteiger partial charge in [0.2, 0.25) is 11.8 Å². The molecule has 148 valence electrons. The minimum Gasteiger partial charge on any atom is -0.323 e. The number of fused-ring (bicyclic) bond motifs is 1. The number of likely N-dealkylation sites (tertiary alicyclic amines) is 1. The van der Waals surface area contributed by atoms with Gasteiger partial charge in [0.25, 0.3) is 11.8 Å². The van der Waals surface area contributed by atoms with Gasteiger partial charge in [0.15, 0.2) is 0 Å². The van der Waals surface area contributed by atoms with Gasteiger partial charge in [-0.15, -0.1) is 0 Å². The summed E-state index contributed by atoms with van der Waals surface area (Å²) in [4.78, 5) is 50.6. The first-order valence-electron chi connectivity index (χ1n) is 9.38. The molecular formula is C21H20N4O4. The predicted octanol–water partition coefficient (Wildman–Crippen LogP) is 1.19. The molecule has 1 aliphatic carbocycles. The highest BCUT2D eigenvalue weighted by Crippen LogP contribution is 2.34. The Morgan fingerprint density at radius 2 is 1.52 bits per heavy atom. The summed E-state index contributed by atoms with van der Waals surface area (Å²) in [7, 11) is 0. The summed E-state index contributed by atoms with van der Waals surface area (Å²) in [5.41, 5.74) is 5.68. The Balaban J connectivity index is 1.38.